The van der Waals surface area contributed by atoms with Crippen LogP contribution in [-0.4, -0.2) is 5.54 Å². The molecule has 0 spiro atoms. The van der Waals surface area contributed by atoms with Crippen molar-refractivity contribution < 1.29 is 0 Å². The third-order valence-corrected chi connectivity index (χ3v) is 3.98. The predicted octanol–water partition coefficient (Wildman–Crippen LogP) is 3.06. The van der Waals surface area contributed by atoms with Crippen LogP contribution in [0.25, 0.3) is 0 Å². The smallest absolute Gasteiger partial charge is 0.107 e. The summed E-state index contributed by atoms with van der Waals surface area (Å²) in [5, 5.41) is 14.8. The van der Waals surface area contributed by atoms with Gasteiger partial charge in [0.25, 0.3) is 0 Å². The van der Waals surface area contributed by atoms with E-state index in [0.717, 1.165) is 19.4 Å². The molecule has 0 radical (unpaired) electrons. The fraction of sp³-hybridized carbons (Fsp3) is 0.583. The molecule has 1 N–H and O–H groups in total. The van der Waals surface area contributed by atoms with E-state index in [4.69, 9.17) is 0 Å². The van der Waals surface area contributed by atoms with Gasteiger partial charge < -0.3 is 0 Å². The summed E-state index contributed by atoms with van der Waals surface area (Å²) in [6.07, 6.45) is 5.67. The van der Waals surface area contributed by atoms with Crippen molar-refractivity contribution in [2.24, 2.45) is 0 Å². The Bertz CT molecular complexity index is 331. The van der Waals surface area contributed by atoms with Crippen molar-refractivity contribution in [2.45, 2.75) is 44.2 Å². The number of hydrogen-bond acceptors (Lipinski definition) is 3. The minimum Gasteiger partial charge on any atom is -0.294 e. The van der Waals surface area contributed by atoms with Crippen LogP contribution >= 0.6 is 11.3 Å². The minimum absolute atomic E-state index is 0.248. The molecule has 15 heavy (non-hydrogen) atoms. The first-order valence-electron chi connectivity index (χ1n) is 5.53. The second-order valence-corrected chi connectivity index (χ2v) is 5.22. The average Bonchev–Trinajstić information content (AvgIpc) is 2.81. The average molecular weight is 220 g/mol. The Morgan fingerprint density at radius 3 is 2.80 bits per heavy atom. The molecule has 0 bridgehead atoms. The second-order valence-electron chi connectivity index (χ2n) is 4.19. The van der Waals surface area contributed by atoms with Crippen molar-refractivity contribution in [3.63, 3.8) is 0 Å². The Balaban J connectivity index is 1.93. The first-order valence-corrected chi connectivity index (χ1v) is 6.41. The maximum absolute atomic E-state index is 9.26. The Labute approximate surface area is 94.9 Å². The quantitative estimate of drug-likeness (QED) is 0.849. The summed E-state index contributed by atoms with van der Waals surface area (Å²) < 4.78 is 0. The van der Waals surface area contributed by atoms with Crippen molar-refractivity contribution in [3.8, 4) is 6.07 Å². The summed E-state index contributed by atoms with van der Waals surface area (Å²) >= 11 is 1.75. The molecule has 1 aromatic rings. The zero-order valence-electron chi connectivity index (χ0n) is 8.83. The first-order chi connectivity index (χ1) is 7.35. The minimum atomic E-state index is -0.248. The maximum atomic E-state index is 9.26. The lowest BCUT2D eigenvalue weighted by Gasteiger charge is -2.31. The molecule has 1 saturated carbocycles. The second kappa shape index (κ2) is 4.78. The van der Waals surface area contributed by atoms with Crippen LogP contribution in [0, 0.1) is 11.3 Å². The molecule has 3 heteroatoms. The molecule has 80 valence electrons. The first kappa shape index (κ1) is 10.7. The van der Waals surface area contributed by atoms with Gasteiger partial charge >= 0.3 is 0 Å². The van der Waals surface area contributed by atoms with Crippen LogP contribution in [0.4, 0.5) is 0 Å². The van der Waals surface area contributed by atoms with Gasteiger partial charge in [-0.3, -0.25) is 5.32 Å². The molecule has 0 unspecified atom stereocenters. The van der Waals surface area contributed by atoms with Crippen molar-refractivity contribution in [2.75, 3.05) is 0 Å². The van der Waals surface area contributed by atoms with Crippen LogP contribution in [0.2, 0.25) is 0 Å². The van der Waals surface area contributed by atoms with E-state index in [0.29, 0.717) is 0 Å². The van der Waals surface area contributed by atoms with E-state index in [2.05, 4.69) is 28.9 Å². The molecular formula is C12H16N2S. The summed E-state index contributed by atoms with van der Waals surface area (Å²) in [7, 11) is 0. The standard InChI is InChI=1S/C12H16N2S/c13-10-12(6-2-1-3-7-12)14-9-11-5-4-8-15-11/h4-5,8,14H,1-3,6-7,9H2. The number of rotatable bonds is 3. The highest BCUT2D eigenvalue weighted by molar-refractivity contribution is 7.09. The third-order valence-electron chi connectivity index (χ3n) is 3.10. The van der Waals surface area contributed by atoms with Gasteiger partial charge in [-0.25, -0.2) is 0 Å². The maximum Gasteiger partial charge on any atom is 0.107 e. The molecule has 1 aliphatic carbocycles. The molecule has 2 rings (SSSR count). The Kier molecular flexibility index (Phi) is 3.40. The van der Waals surface area contributed by atoms with Gasteiger partial charge in [-0.15, -0.1) is 11.3 Å². The van der Waals surface area contributed by atoms with Crippen molar-refractivity contribution in [1.82, 2.24) is 5.32 Å². The molecular weight excluding hydrogens is 204 g/mol. The van der Waals surface area contributed by atoms with E-state index in [9.17, 15) is 5.26 Å². The van der Waals surface area contributed by atoms with E-state index in [1.807, 2.05) is 0 Å². The van der Waals surface area contributed by atoms with Gasteiger partial charge in [-0.1, -0.05) is 25.3 Å². The molecule has 1 fully saturated rings. The van der Waals surface area contributed by atoms with Gasteiger partial charge in [-0.05, 0) is 24.3 Å². The zero-order chi connectivity index (χ0) is 10.6. The monoisotopic (exact) mass is 220 g/mol. The van der Waals surface area contributed by atoms with Crippen LogP contribution in [0.15, 0.2) is 17.5 Å². The number of hydrogen-bond donors (Lipinski definition) is 1. The molecule has 0 saturated heterocycles. The Morgan fingerprint density at radius 1 is 1.40 bits per heavy atom. The molecule has 0 aliphatic heterocycles. The number of nitrogens with zero attached hydrogens (tertiary/aromatic N) is 1. The Hall–Kier alpha value is -0.850. The van der Waals surface area contributed by atoms with Crippen LogP contribution in [0.3, 0.4) is 0 Å². The van der Waals surface area contributed by atoms with E-state index < -0.39 is 0 Å². The lowest BCUT2D eigenvalue weighted by atomic mass is 9.83. The largest absolute Gasteiger partial charge is 0.294 e. The van der Waals surface area contributed by atoms with Crippen LogP contribution in [-0.2, 0) is 6.54 Å². The molecule has 2 nitrogen and oxygen atoms in total. The van der Waals surface area contributed by atoms with Gasteiger partial charge in [0.1, 0.15) is 5.54 Å². The van der Waals surface area contributed by atoms with Crippen molar-refractivity contribution >= 4 is 11.3 Å². The summed E-state index contributed by atoms with van der Waals surface area (Å²) in [5.41, 5.74) is -0.248. The fourth-order valence-corrected chi connectivity index (χ4v) is 2.80. The highest BCUT2D eigenvalue weighted by Crippen LogP contribution is 2.28. The van der Waals surface area contributed by atoms with Crippen molar-refractivity contribution in [3.05, 3.63) is 22.4 Å². The molecule has 1 heterocycles. The summed E-state index contributed by atoms with van der Waals surface area (Å²) in [6.45, 7) is 0.839. The van der Waals surface area contributed by atoms with E-state index in [1.165, 1.54) is 24.1 Å². The highest BCUT2D eigenvalue weighted by atomic mass is 32.1. The lowest BCUT2D eigenvalue weighted by molar-refractivity contribution is 0.297. The SMILES string of the molecule is N#CC1(NCc2cccs2)CCCCC1. The predicted molar refractivity (Wildman–Crippen MR) is 62.6 cm³/mol. The highest BCUT2D eigenvalue weighted by Gasteiger charge is 2.31. The van der Waals surface area contributed by atoms with Crippen LogP contribution in [0.5, 0.6) is 0 Å². The molecule has 0 amide bonds. The van der Waals surface area contributed by atoms with E-state index in [1.54, 1.807) is 11.3 Å². The molecule has 0 aromatic carbocycles. The fourth-order valence-electron chi connectivity index (χ4n) is 2.15. The number of thiophene rings is 1. The zero-order valence-corrected chi connectivity index (χ0v) is 9.65. The lowest BCUT2D eigenvalue weighted by Crippen LogP contribution is -2.44. The molecule has 1 aliphatic rings. The van der Waals surface area contributed by atoms with Crippen LogP contribution < -0.4 is 5.32 Å². The molecule has 1 aromatic heterocycles. The van der Waals surface area contributed by atoms with Crippen molar-refractivity contribution in [1.29, 1.82) is 5.26 Å². The van der Waals surface area contributed by atoms with Gasteiger partial charge in [0.05, 0.1) is 6.07 Å². The Morgan fingerprint density at radius 2 is 2.20 bits per heavy atom. The van der Waals surface area contributed by atoms with Gasteiger partial charge in [0, 0.05) is 11.4 Å². The van der Waals surface area contributed by atoms with E-state index in [-0.39, 0.29) is 5.54 Å². The van der Waals surface area contributed by atoms with Gasteiger partial charge in [-0.2, -0.15) is 5.26 Å². The van der Waals surface area contributed by atoms with Gasteiger partial charge in [0.15, 0.2) is 0 Å². The summed E-state index contributed by atoms with van der Waals surface area (Å²) in [4.78, 5) is 1.31. The van der Waals surface area contributed by atoms with Crippen LogP contribution in [0.1, 0.15) is 37.0 Å². The third kappa shape index (κ3) is 2.58. The summed E-state index contributed by atoms with van der Waals surface area (Å²) in [6, 6.07) is 6.65. The normalized spacial score (nSPS) is 19.7. The number of nitrogens with one attached hydrogen (secondary N) is 1. The summed E-state index contributed by atoms with van der Waals surface area (Å²) in [5.74, 6) is 0. The van der Waals surface area contributed by atoms with Gasteiger partial charge in [0.2, 0.25) is 0 Å². The van der Waals surface area contributed by atoms with E-state index >= 15 is 0 Å². The molecule has 0 atom stereocenters. The topological polar surface area (TPSA) is 35.8 Å². The number of nitriles is 1.